The SMILES string of the molecule is CC(C)c1ccccc1C1(N)CC1.Cl. The molecular weight excluding hydrogens is 194 g/mol. The molecule has 1 aromatic rings. The molecule has 0 heterocycles. The molecule has 0 saturated heterocycles. The van der Waals surface area contributed by atoms with Gasteiger partial charge in [-0.2, -0.15) is 0 Å². The lowest BCUT2D eigenvalue weighted by atomic mass is 9.92. The van der Waals surface area contributed by atoms with Gasteiger partial charge in [0.25, 0.3) is 0 Å². The third-order valence-corrected chi connectivity index (χ3v) is 2.91. The number of nitrogens with two attached hydrogens (primary N) is 1. The van der Waals surface area contributed by atoms with Gasteiger partial charge in [0, 0.05) is 5.54 Å². The second-order valence-corrected chi connectivity index (χ2v) is 4.40. The zero-order valence-corrected chi connectivity index (χ0v) is 9.60. The Hall–Kier alpha value is -0.530. The van der Waals surface area contributed by atoms with E-state index in [2.05, 4.69) is 38.1 Å². The van der Waals surface area contributed by atoms with Crippen LogP contribution in [0.1, 0.15) is 43.7 Å². The van der Waals surface area contributed by atoms with Gasteiger partial charge in [0.2, 0.25) is 0 Å². The number of rotatable bonds is 2. The third kappa shape index (κ3) is 1.94. The molecule has 2 rings (SSSR count). The van der Waals surface area contributed by atoms with E-state index in [0.29, 0.717) is 5.92 Å². The Morgan fingerprint density at radius 1 is 1.21 bits per heavy atom. The van der Waals surface area contributed by atoms with Crippen molar-refractivity contribution in [3.05, 3.63) is 35.4 Å². The molecule has 0 bridgehead atoms. The van der Waals surface area contributed by atoms with Crippen molar-refractivity contribution in [2.24, 2.45) is 5.73 Å². The van der Waals surface area contributed by atoms with E-state index in [9.17, 15) is 0 Å². The van der Waals surface area contributed by atoms with Crippen LogP contribution < -0.4 is 5.73 Å². The zero-order chi connectivity index (χ0) is 9.47. The van der Waals surface area contributed by atoms with Gasteiger partial charge >= 0.3 is 0 Å². The summed E-state index contributed by atoms with van der Waals surface area (Å²) in [5.41, 5.74) is 9.01. The molecule has 2 N–H and O–H groups in total. The lowest BCUT2D eigenvalue weighted by molar-refractivity contribution is 0.708. The van der Waals surface area contributed by atoms with E-state index in [1.165, 1.54) is 11.1 Å². The van der Waals surface area contributed by atoms with E-state index in [1.807, 2.05) is 0 Å². The summed E-state index contributed by atoms with van der Waals surface area (Å²) in [4.78, 5) is 0. The maximum atomic E-state index is 6.21. The number of hydrogen-bond acceptors (Lipinski definition) is 1. The first-order chi connectivity index (χ1) is 6.13. The fraction of sp³-hybridized carbons (Fsp3) is 0.500. The molecule has 1 saturated carbocycles. The fourth-order valence-electron chi connectivity index (χ4n) is 1.86. The average molecular weight is 212 g/mol. The highest BCUT2D eigenvalue weighted by Gasteiger charge is 2.41. The van der Waals surface area contributed by atoms with Crippen LogP contribution in [-0.4, -0.2) is 0 Å². The monoisotopic (exact) mass is 211 g/mol. The van der Waals surface area contributed by atoms with Crippen LogP contribution in [0.25, 0.3) is 0 Å². The largest absolute Gasteiger partial charge is 0.321 e. The summed E-state index contributed by atoms with van der Waals surface area (Å²) in [5.74, 6) is 0.581. The molecule has 0 amide bonds. The number of benzene rings is 1. The molecule has 2 heteroatoms. The van der Waals surface area contributed by atoms with Gasteiger partial charge in [-0.1, -0.05) is 38.1 Å². The second-order valence-electron chi connectivity index (χ2n) is 4.40. The summed E-state index contributed by atoms with van der Waals surface area (Å²) < 4.78 is 0. The summed E-state index contributed by atoms with van der Waals surface area (Å²) in [6.45, 7) is 4.45. The van der Waals surface area contributed by atoms with Crippen LogP contribution in [0.3, 0.4) is 0 Å². The molecule has 1 aliphatic carbocycles. The van der Waals surface area contributed by atoms with Crippen LogP contribution >= 0.6 is 12.4 Å². The van der Waals surface area contributed by atoms with Gasteiger partial charge in [0.15, 0.2) is 0 Å². The molecular formula is C12H18ClN. The first-order valence-electron chi connectivity index (χ1n) is 5.02. The van der Waals surface area contributed by atoms with Crippen molar-refractivity contribution >= 4 is 12.4 Å². The molecule has 1 fully saturated rings. The smallest absolute Gasteiger partial charge is 0.0414 e. The summed E-state index contributed by atoms with van der Waals surface area (Å²) in [5, 5.41) is 0. The molecule has 0 radical (unpaired) electrons. The Bertz CT molecular complexity index is 316. The molecule has 1 nitrogen and oxygen atoms in total. The Kier molecular flexibility index (Phi) is 3.23. The minimum Gasteiger partial charge on any atom is -0.321 e. The van der Waals surface area contributed by atoms with Crippen LogP contribution in [0.4, 0.5) is 0 Å². The summed E-state index contributed by atoms with van der Waals surface area (Å²) in [7, 11) is 0. The molecule has 14 heavy (non-hydrogen) atoms. The van der Waals surface area contributed by atoms with Crippen molar-refractivity contribution in [3.63, 3.8) is 0 Å². The lowest BCUT2D eigenvalue weighted by Gasteiger charge is -2.17. The van der Waals surface area contributed by atoms with E-state index >= 15 is 0 Å². The minimum atomic E-state index is 0. The Labute approximate surface area is 92.1 Å². The highest BCUT2D eigenvalue weighted by molar-refractivity contribution is 5.85. The number of hydrogen-bond donors (Lipinski definition) is 1. The maximum absolute atomic E-state index is 6.21. The topological polar surface area (TPSA) is 26.0 Å². The van der Waals surface area contributed by atoms with Gasteiger partial charge < -0.3 is 5.73 Å². The second kappa shape index (κ2) is 3.92. The van der Waals surface area contributed by atoms with E-state index in [4.69, 9.17) is 5.73 Å². The van der Waals surface area contributed by atoms with Gasteiger partial charge in [-0.3, -0.25) is 0 Å². The van der Waals surface area contributed by atoms with Gasteiger partial charge in [0.05, 0.1) is 0 Å². The quantitative estimate of drug-likeness (QED) is 0.799. The first-order valence-corrected chi connectivity index (χ1v) is 5.02. The Morgan fingerprint density at radius 2 is 1.79 bits per heavy atom. The van der Waals surface area contributed by atoms with Gasteiger partial charge in [-0.25, -0.2) is 0 Å². The molecule has 78 valence electrons. The Balaban J connectivity index is 0.000000980. The van der Waals surface area contributed by atoms with Gasteiger partial charge in [-0.15, -0.1) is 12.4 Å². The van der Waals surface area contributed by atoms with Crippen molar-refractivity contribution in [1.29, 1.82) is 0 Å². The fourth-order valence-corrected chi connectivity index (χ4v) is 1.86. The van der Waals surface area contributed by atoms with E-state index in [0.717, 1.165) is 12.8 Å². The molecule has 0 aromatic heterocycles. The average Bonchev–Trinajstić information content (AvgIpc) is 2.85. The van der Waals surface area contributed by atoms with E-state index < -0.39 is 0 Å². The zero-order valence-electron chi connectivity index (χ0n) is 8.79. The minimum absolute atomic E-state index is 0. The summed E-state index contributed by atoms with van der Waals surface area (Å²) in [6, 6.07) is 8.58. The van der Waals surface area contributed by atoms with E-state index in [-0.39, 0.29) is 17.9 Å². The van der Waals surface area contributed by atoms with Gasteiger partial charge in [0.1, 0.15) is 0 Å². The van der Waals surface area contributed by atoms with Crippen LogP contribution in [0.2, 0.25) is 0 Å². The molecule has 0 atom stereocenters. The van der Waals surface area contributed by atoms with Crippen molar-refractivity contribution in [1.82, 2.24) is 0 Å². The first kappa shape index (κ1) is 11.5. The van der Waals surface area contributed by atoms with Crippen molar-refractivity contribution in [2.45, 2.75) is 38.1 Å². The van der Waals surface area contributed by atoms with Crippen LogP contribution in [0.5, 0.6) is 0 Å². The molecule has 1 aliphatic rings. The van der Waals surface area contributed by atoms with Gasteiger partial charge in [-0.05, 0) is 29.9 Å². The molecule has 1 aromatic carbocycles. The summed E-state index contributed by atoms with van der Waals surface area (Å²) >= 11 is 0. The standard InChI is InChI=1S/C12H17N.ClH/c1-9(2)10-5-3-4-6-11(10)12(13)7-8-12;/h3-6,9H,7-8,13H2,1-2H3;1H. The van der Waals surface area contributed by atoms with Crippen LogP contribution in [0, 0.1) is 0 Å². The van der Waals surface area contributed by atoms with Crippen LogP contribution in [-0.2, 0) is 5.54 Å². The molecule has 0 unspecified atom stereocenters. The van der Waals surface area contributed by atoms with E-state index in [1.54, 1.807) is 0 Å². The van der Waals surface area contributed by atoms with Crippen molar-refractivity contribution < 1.29 is 0 Å². The van der Waals surface area contributed by atoms with Crippen molar-refractivity contribution in [3.8, 4) is 0 Å². The normalized spacial score (nSPS) is 17.7. The highest BCUT2D eigenvalue weighted by Crippen LogP contribution is 2.45. The Morgan fingerprint density at radius 3 is 2.29 bits per heavy atom. The predicted octanol–water partition coefficient (Wildman–Crippen LogP) is 3.18. The highest BCUT2D eigenvalue weighted by atomic mass is 35.5. The predicted molar refractivity (Wildman–Crippen MR) is 62.9 cm³/mol. The van der Waals surface area contributed by atoms with Crippen LogP contribution in [0.15, 0.2) is 24.3 Å². The summed E-state index contributed by atoms with van der Waals surface area (Å²) in [6.07, 6.45) is 2.30. The van der Waals surface area contributed by atoms with Crippen molar-refractivity contribution in [2.75, 3.05) is 0 Å². The number of halogens is 1. The third-order valence-electron chi connectivity index (χ3n) is 2.91. The molecule has 0 aliphatic heterocycles. The lowest BCUT2D eigenvalue weighted by Crippen LogP contribution is -2.20. The maximum Gasteiger partial charge on any atom is 0.0414 e. The molecule has 0 spiro atoms.